The van der Waals surface area contributed by atoms with Crippen molar-refractivity contribution < 1.29 is 0 Å². The van der Waals surface area contributed by atoms with Crippen LogP contribution in [-0.4, -0.2) is 14.5 Å². The molecule has 0 aliphatic heterocycles. The molecule has 0 aliphatic rings. The van der Waals surface area contributed by atoms with Gasteiger partial charge in [-0.15, -0.1) is 0 Å². The number of halogens is 1. The Balaban J connectivity index is 1.61. The van der Waals surface area contributed by atoms with Gasteiger partial charge in [-0.05, 0) is 0 Å². The Bertz CT molecular complexity index is 1250. The third kappa shape index (κ3) is 2.85. The van der Waals surface area contributed by atoms with Gasteiger partial charge in [0.1, 0.15) is 0 Å². The Hall–Kier alpha value is -2.12. The summed E-state index contributed by atoms with van der Waals surface area (Å²) in [5.41, 5.74) is 2.65. The van der Waals surface area contributed by atoms with Gasteiger partial charge in [0.2, 0.25) is 0 Å². The minimum atomic E-state index is 0.295. The quantitative estimate of drug-likeness (QED) is 0.245. The van der Waals surface area contributed by atoms with Gasteiger partial charge in [0.25, 0.3) is 0 Å². The van der Waals surface area contributed by atoms with Crippen molar-refractivity contribution in [3.05, 3.63) is 95.5 Å². The van der Waals surface area contributed by atoms with Gasteiger partial charge in [0.15, 0.2) is 0 Å². The topological polar surface area (TPSA) is 0 Å². The second-order valence-electron chi connectivity index (χ2n) is 6.41. The summed E-state index contributed by atoms with van der Waals surface area (Å²) in [6, 6.07) is 33.0. The summed E-state index contributed by atoms with van der Waals surface area (Å²) in [5.74, 6) is 0. The summed E-state index contributed by atoms with van der Waals surface area (Å²) in [6.07, 6.45) is 0. The molecule has 0 fully saturated rings. The van der Waals surface area contributed by atoms with E-state index in [1.807, 2.05) is 0 Å². The zero-order valence-corrected chi connectivity index (χ0v) is 17.2. The molecule has 0 saturated heterocycles. The van der Waals surface area contributed by atoms with Crippen LogP contribution < -0.4 is 0 Å². The maximum atomic E-state index is 3.81. The first-order valence-corrected chi connectivity index (χ1v) is 11.1. The van der Waals surface area contributed by atoms with E-state index < -0.39 is 0 Å². The molecular weight excluding hydrogens is 447 g/mol. The van der Waals surface area contributed by atoms with Gasteiger partial charge in [-0.2, -0.15) is 0 Å². The van der Waals surface area contributed by atoms with Crippen LogP contribution in [0.5, 0.6) is 0 Å². The zero-order valence-electron chi connectivity index (χ0n) is 13.9. The third-order valence-electron chi connectivity index (χ3n) is 4.73. The number of hydrogen-bond acceptors (Lipinski definition) is 0. The molecule has 5 aromatic rings. The SMILES string of the molecule is Brc1cc(-c2ccc3ccccc3c2)[se]c1-c1ccc2ccccc2c1. The van der Waals surface area contributed by atoms with Crippen molar-refractivity contribution in [2.24, 2.45) is 0 Å². The average molecular weight is 462 g/mol. The third-order valence-corrected chi connectivity index (χ3v) is 8.54. The molecule has 124 valence electrons. The van der Waals surface area contributed by atoms with Crippen LogP contribution in [0.25, 0.3) is 41.5 Å². The predicted molar refractivity (Wildman–Crippen MR) is 117 cm³/mol. The van der Waals surface area contributed by atoms with E-state index in [0.29, 0.717) is 14.5 Å². The Morgan fingerprint density at radius 3 is 1.73 bits per heavy atom. The van der Waals surface area contributed by atoms with Crippen LogP contribution in [0.4, 0.5) is 0 Å². The van der Waals surface area contributed by atoms with Gasteiger partial charge in [0, 0.05) is 0 Å². The minimum absolute atomic E-state index is 0.295. The molecule has 1 heterocycles. The number of hydrogen-bond donors (Lipinski definition) is 0. The fourth-order valence-electron chi connectivity index (χ4n) is 3.38. The molecule has 2 heteroatoms. The normalized spacial score (nSPS) is 11.3. The predicted octanol–water partition coefficient (Wildman–Crippen LogP) is 7.15. The van der Waals surface area contributed by atoms with Crippen LogP contribution >= 0.6 is 15.9 Å². The van der Waals surface area contributed by atoms with Crippen LogP contribution in [0.1, 0.15) is 0 Å². The summed E-state index contributed by atoms with van der Waals surface area (Å²) < 4.78 is 4.07. The van der Waals surface area contributed by atoms with Crippen molar-refractivity contribution >= 4 is 52.0 Å². The Kier molecular flexibility index (Phi) is 4.05. The van der Waals surface area contributed by atoms with E-state index in [9.17, 15) is 0 Å². The second-order valence-corrected chi connectivity index (χ2v) is 9.47. The van der Waals surface area contributed by atoms with Crippen LogP contribution in [0.2, 0.25) is 0 Å². The standard InChI is InChI=1S/C24H15BrSe/c25-22-15-23(20-11-9-16-5-1-3-7-18(16)13-20)26-24(22)21-12-10-17-6-2-4-8-19(17)14-21/h1-15H. The van der Waals surface area contributed by atoms with E-state index in [1.165, 1.54) is 46.0 Å². The monoisotopic (exact) mass is 462 g/mol. The van der Waals surface area contributed by atoms with E-state index >= 15 is 0 Å². The summed E-state index contributed by atoms with van der Waals surface area (Å²) >= 11 is 4.11. The fourth-order valence-corrected chi connectivity index (χ4v) is 6.79. The first-order chi connectivity index (χ1) is 12.8. The van der Waals surface area contributed by atoms with E-state index in [4.69, 9.17) is 0 Å². The van der Waals surface area contributed by atoms with Gasteiger partial charge in [-0.1, -0.05) is 0 Å². The van der Waals surface area contributed by atoms with Crippen molar-refractivity contribution in [2.45, 2.75) is 0 Å². The molecule has 0 N–H and O–H groups in total. The molecule has 0 radical (unpaired) electrons. The van der Waals surface area contributed by atoms with Crippen molar-refractivity contribution in [1.29, 1.82) is 0 Å². The maximum absolute atomic E-state index is 3.81. The summed E-state index contributed by atoms with van der Waals surface area (Å²) in [5, 5.41) is 5.19. The molecule has 0 saturated carbocycles. The van der Waals surface area contributed by atoms with Crippen molar-refractivity contribution in [3.8, 4) is 20.0 Å². The Morgan fingerprint density at radius 2 is 1.08 bits per heavy atom. The Morgan fingerprint density at radius 1 is 0.538 bits per heavy atom. The van der Waals surface area contributed by atoms with Crippen molar-refractivity contribution in [2.75, 3.05) is 0 Å². The van der Waals surface area contributed by atoms with E-state index in [-0.39, 0.29) is 0 Å². The molecule has 0 unspecified atom stereocenters. The number of benzene rings is 4. The molecule has 5 rings (SSSR count). The zero-order chi connectivity index (χ0) is 17.5. The van der Waals surface area contributed by atoms with E-state index in [2.05, 4.69) is 107 Å². The average Bonchev–Trinajstić information content (AvgIpc) is 3.09. The molecule has 4 aromatic carbocycles. The van der Waals surface area contributed by atoms with Crippen molar-refractivity contribution in [1.82, 2.24) is 0 Å². The molecule has 0 amide bonds. The van der Waals surface area contributed by atoms with Gasteiger partial charge in [-0.3, -0.25) is 0 Å². The molecule has 0 spiro atoms. The molecule has 26 heavy (non-hydrogen) atoms. The van der Waals surface area contributed by atoms with Crippen LogP contribution in [-0.2, 0) is 0 Å². The van der Waals surface area contributed by atoms with E-state index in [0.717, 1.165) is 0 Å². The van der Waals surface area contributed by atoms with Gasteiger partial charge < -0.3 is 0 Å². The van der Waals surface area contributed by atoms with Crippen LogP contribution in [0.3, 0.4) is 0 Å². The van der Waals surface area contributed by atoms with Crippen LogP contribution in [0.15, 0.2) is 95.5 Å². The first-order valence-electron chi connectivity index (χ1n) is 8.56. The van der Waals surface area contributed by atoms with Crippen LogP contribution in [0, 0.1) is 0 Å². The summed E-state index contributed by atoms with van der Waals surface area (Å²) in [6.45, 7) is 0. The first kappa shape index (κ1) is 16.1. The molecule has 1 aromatic heterocycles. The van der Waals surface area contributed by atoms with Crippen molar-refractivity contribution in [3.63, 3.8) is 0 Å². The molecule has 0 bridgehead atoms. The Labute approximate surface area is 167 Å². The summed E-state index contributed by atoms with van der Waals surface area (Å²) in [7, 11) is 0. The molecule has 0 aliphatic carbocycles. The summed E-state index contributed by atoms with van der Waals surface area (Å²) in [4.78, 5) is 0. The van der Waals surface area contributed by atoms with Gasteiger partial charge in [0.05, 0.1) is 0 Å². The van der Waals surface area contributed by atoms with E-state index in [1.54, 1.807) is 0 Å². The number of rotatable bonds is 2. The molecular formula is C24H15BrSe. The molecule has 0 atom stereocenters. The van der Waals surface area contributed by atoms with Gasteiger partial charge >= 0.3 is 167 Å². The number of fused-ring (bicyclic) bond motifs is 2. The van der Waals surface area contributed by atoms with Gasteiger partial charge in [-0.25, -0.2) is 0 Å². The second kappa shape index (κ2) is 6.55. The molecule has 0 nitrogen and oxygen atoms in total. The fraction of sp³-hybridized carbons (Fsp3) is 0.